The summed E-state index contributed by atoms with van der Waals surface area (Å²) >= 11 is 0. The maximum atomic E-state index is 11.3. The number of nitrogens with zero attached hydrogens (tertiary/aromatic N) is 6. The zero-order chi connectivity index (χ0) is 23.9. The predicted octanol–water partition coefficient (Wildman–Crippen LogP) is -2.40. The fourth-order valence-electron chi connectivity index (χ4n) is 1.28. The summed E-state index contributed by atoms with van der Waals surface area (Å²) in [6.07, 6.45) is 0.0260. The Morgan fingerprint density at radius 3 is 0.933 bits per heavy atom. The van der Waals surface area contributed by atoms with Gasteiger partial charge in [-0.1, -0.05) is 0 Å². The summed E-state index contributed by atoms with van der Waals surface area (Å²) in [7, 11) is 0. The second-order valence-corrected chi connectivity index (χ2v) is 4.64. The SMILES string of the molecule is O=C(/C=C/C(=O)OCC([N+](=O)[O-])([N+](=O)[O-])[N+](=O)[O-])OCC([N+](=O)[O-])([N+](=O)[O-])[N+](=O)[O-]. The van der Waals surface area contributed by atoms with Crippen molar-refractivity contribution in [3.63, 3.8) is 0 Å². The van der Waals surface area contributed by atoms with Crippen LogP contribution in [-0.4, -0.2) is 66.3 Å². The van der Waals surface area contributed by atoms with E-state index in [1.165, 1.54) is 0 Å². The van der Waals surface area contributed by atoms with Gasteiger partial charge in [0.1, 0.15) is 0 Å². The molecule has 0 aliphatic rings. The Kier molecular flexibility index (Phi) is 7.80. The summed E-state index contributed by atoms with van der Waals surface area (Å²) < 4.78 is 7.84. The molecule has 0 amide bonds. The summed E-state index contributed by atoms with van der Waals surface area (Å²) in [6.45, 7) is -4.05. The minimum atomic E-state index is -4.16. The fraction of sp³-hybridized carbons (Fsp3) is 0.500. The maximum absolute atomic E-state index is 11.3. The molecular formula is C8H6N6O16. The van der Waals surface area contributed by atoms with E-state index in [0.717, 1.165) is 0 Å². The molecule has 0 atom stereocenters. The van der Waals surface area contributed by atoms with Gasteiger partial charge < -0.3 is 9.47 Å². The molecule has 0 saturated heterocycles. The van der Waals surface area contributed by atoms with Gasteiger partial charge in [0.25, 0.3) is 0 Å². The van der Waals surface area contributed by atoms with Crippen LogP contribution in [0.4, 0.5) is 0 Å². The van der Waals surface area contributed by atoms with E-state index in [1.807, 2.05) is 0 Å². The largest absolute Gasteiger partial charge is 0.734 e. The third kappa shape index (κ3) is 4.87. The third-order valence-electron chi connectivity index (χ3n) is 2.93. The average molecular weight is 442 g/mol. The highest BCUT2D eigenvalue weighted by molar-refractivity contribution is 5.91. The number of ether oxygens (including phenoxy) is 2. The van der Waals surface area contributed by atoms with Crippen molar-refractivity contribution in [2.75, 3.05) is 13.2 Å². The van der Waals surface area contributed by atoms with Gasteiger partial charge >= 0.3 is 36.7 Å². The summed E-state index contributed by atoms with van der Waals surface area (Å²) in [5, 5.41) is 63.6. The monoisotopic (exact) mass is 442 g/mol. The smallest absolute Gasteiger partial charge is 0.437 e. The second-order valence-electron chi connectivity index (χ2n) is 4.64. The summed E-state index contributed by atoms with van der Waals surface area (Å²) in [4.78, 5) is 74.4. The standard InChI is InChI=1S/C8H6N6O16/c15-5(29-3-7(9(17)18,10(19)20)11(21)22)1-2-6(16)30-4-8(12(23)24,13(25)26)14(27)28/h1-2H,3-4H2/b2-1+. The first kappa shape index (κ1) is 25.1. The van der Waals surface area contributed by atoms with E-state index in [1.54, 1.807) is 0 Å². The van der Waals surface area contributed by atoms with Gasteiger partial charge in [0.15, 0.2) is 29.5 Å². The molecule has 22 nitrogen and oxygen atoms in total. The predicted molar refractivity (Wildman–Crippen MR) is 78.5 cm³/mol. The highest BCUT2D eigenvalue weighted by atomic mass is 16.8. The quantitative estimate of drug-likeness (QED) is 0.0998. The number of carbonyl (C=O) groups is 2. The van der Waals surface area contributed by atoms with Crippen LogP contribution < -0.4 is 0 Å². The Hall–Kier alpha value is -4.92. The van der Waals surface area contributed by atoms with Crippen molar-refractivity contribution in [2.24, 2.45) is 0 Å². The summed E-state index contributed by atoms with van der Waals surface area (Å²) in [5.74, 6) is -11.9. The lowest BCUT2D eigenvalue weighted by molar-refractivity contribution is -0.970. The zero-order valence-electron chi connectivity index (χ0n) is 13.8. The minimum absolute atomic E-state index is 0.0130. The molecule has 0 bridgehead atoms. The van der Waals surface area contributed by atoms with Crippen LogP contribution in [0.1, 0.15) is 0 Å². The Balaban J connectivity index is 5.19. The van der Waals surface area contributed by atoms with Gasteiger partial charge in [0.05, 0.1) is 0 Å². The molecule has 0 aliphatic heterocycles. The number of nitro groups is 6. The first-order chi connectivity index (χ1) is 13.7. The number of hydrogen-bond donors (Lipinski definition) is 0. The highest BCUT2D eigenvalue weighted by Crippen LogP contribution is 2.14. The second kappa shape index (κ2) is 9.33. The summed E-state index contributed by atoms with van der Waals surface area (Å²) in [6, 6.07) is 0. The molecule has 0 heterocycles. The number of esters is 2. The molecule has 164 valence electrons. The van der Waals surface area contributed by atoms with Crippen LogP contribution in [0.3, 0.4) is 0 Å². The number of rotatable bonds is 12. The zero-order valence-corrected chi connectivity index (χ0v) is 13.8. The van der Waals surface area contributed by atoms with Crippen LogP contribution >= 0.6 is 0 Å². The Morgan fingerprint density at radius 2 is 0.767 bits per heavy atom. The van der Waals surface area contributed by atoms with Crippen molar-refractivity contribution in [3.8, 4) is 0 Å². The lowest BCUT2D eigenvalue weighted by Gasteiger charge is -2.08. The highest BCUT2D eigenvalue weighted by Gasteiger charge is 2.72. The van der Waals surface area contributed by atoms with Gasteiger partial charge in [-0.25, -0.2) is 9.59 Å². The van der Waals surface area contributed by atoms with Gasteiger partial charge in [0, 0.05) is 12.2 Å². The van der Waals surface area contributed by atoms with Crippen LogP contribution in [0.25, 0.3) is 0 Å². The van der Waals surface area contributed by atoms with Crippen LogP contribution in [-0.2, 0) is 19.1 Å². The molecule has 30 heavy (non-hydrogen) atoms. The van der Waals surface area contributed by atoms with Crippen LogP contribution in [0.5, 0.6) is 0 Å². The maximum Gasteiger partial charge on any atom is 0.734 e. The first-order valence-electron chi connectivity index (χ1n) is 6.54. The van der Waals surface area contributed by atoms with Crippen molar-refractivity contribution in [1.82, 2.24) is 0 Å². The average Bonchev–Trinajstić information content (AvgIpc) is 2.59. The molecule has 0 saturated carbocycles. The first-order valence-corrected chi connectivity index (χ1v) is 6.54. The molecule has 0 unspecified atom stereocenters. The molecule has 0 aromatic carbocycles. The molecule has 0 spiro atoms. The van der Waals surface area contributed by atoms with Crippen LogP contribution in [0.2, 0.25) is 0 Å². The molecule has 0 aromatic heterocycles. The van der Waals surface area contributed by atoms with Gasteiger partial charge in [0.2, 0.25) is 0 Å². The Morgan fingerprint density at radius 1 is 0.567 bits per heavy atom. The summed E-state index contributed by atoms with van der Waals surface area (Å²) in [5.41, 5.74) is 0. The van der Waals surface area contributed by atoms with E-state index in [4.69, 9.17) is 0 Å². The molecule has 22 heteroatoms. The van der Waals surface area contributed by atoms with Gasteiger partial charge in [-0.3, -0.25) is 60.7 Å². The number of carbonyl (C=O) groups excluding carboxylic acids is 2. The molecule has 0 aromatic rings. The van der Waals surface area contributed by atoms with Crippen molar-refractivity contribution < 1.29 is 48.6 Å². The van der Waals surface area contributed by atoms with E-state index in [-0.39, 0.29) is 12.2 Å². The van der Waals surface area contributed by atoms with Crippen LogP contribution in [0, 0.1) is 60.7 Å². The van der Waals surface area contributed by atoms with Crippen molar-refractivity contribution in [2.45, 2.75) is 11.6 Å². The molecule has 0 rings (SSSR count). The number of hydrogen-bond acceptors (Lipinski definition) is 16. The van der Waals surface area contributed by atoms with Crippen molar-refractivity contribution in [1.29, 1.82) is 0 Å². The molecular weight excluding hydrogens is 436 g/mol. The molecule has 0 aliphatic carbocycles. The molecule has 0 N–H and O–H groups in total. The minimum Gasteiger partial charge on any atom is -0.437 e. The topological polar surface area (TPSA) is 311 Å². The Bertz CT molecular complexity index is 707. The molecule has 0 radical (unpaired) electrons. The van der Waals surface area contributed by atoms with Crippen LogP contribution in [0.15, 0.2) is 12.2 Å². The van der Waals surface area contributed by atoms with Gasteiger partial charge in [-0.05, 0) is 0 Å². The fourth-order valence-corrected chi connectivity index (χ4v) is 1.28. The Labute approximate surface area is 159 Å². The van der Waals surface area contributed by atoms with Gasteiger partial charge in [-0.2, -0.15) is 0 Å². The van der Waals surface area contributed by atoms with E-state index in [0.29, 0.717) is 0 Å². The normalized spacial score (nSPS) is 11.3. The molecule has 0 fully saturated rings. The van der Waals surface area contributed by atoms with Crippen molar-refractivity contribution >= 4 is 11.9 Å². The lowest BCUT2D eigenvalue weighted by atomic mass is 10.4. The lowest BCUT2D eigenvalue weighted by Crippen LogP contribution is -2.57. The third-order valence-corrected chi connectivity index (χ3v) is 2.93. The van der Waals surface area contributed by atoms with E-state index in [2.05, 4.69) is 9.47 Å². The van der Waals surface area contributed by atoms with Crippen molar-refractivity contribution in [3.05, 3.63) is 72.8 Å². The van der Waals surface area contributed by atoms with E-state index in [9.17, 15) is 70.3 Å². The van der Waals surface area contributed by atoms with E-state index >= 15 is 0 Å². The van der Waals surface area contributed by atoms with Gasteiger partial charge in [-0.15, -0.1) is 0 Å². The van der Waals surface area contributed by atoms with E-state index < -0.39 is 66.3 Å².